The fourth-order valence-corrected chi connectivity index (χ4v) is 3.04. The highest BCUT2D eigenvalue weighted by molar-refractivity contribution is 7.92. The van der Waals surface area contributed by atoms with E-state index in [0.29, 0.717) is 30.5 Å². The molecule has 20 heavy (non-hydrogen) atoms. The zero-order valence-corrected chi connectivity index (χ0v) is 12.6. The third-order valence-electron chi connectivity index (χ3n) is 3.05. The van der Waals surface area contributed by atoms with Crippen LogP contribution in [0.25, 0.3) is 0 Å². The van der Waals surface area contributed by atoms with Gasteiger partial charge in [-0.15, -0.1) is 0 Å². The summed E-state index contributed by atoms with van der Waals surface area (Å²) in [6.07, 6.45) is 3.04. The van der Waals surface area contributed by atoms with E-state index in [0.717, 1.165) is 6.54 Å². The molecule has 0 bridgehead atoms. The Kier molecular flexibility index (Phi) is 5.25. The van der Waals surface area contributed by atoms with Crippen molar-refractivity contribution >= 4 is 15.7 Å². The van der Waals surface area contributed by atoms with Gasteiger partial charge < -0.3 is 10.1 Å². The zero-order valence-electron chi connectivity index (χ0n) is 11.8. The van der Waals surface area contributed by atoms with E-state index in [4.69, 9.17) is 4.74 Å². The fourth-order valence-electron chi connectivity index (χ4n) is 1.91. The number of anilines is 1. The molecule has 6 heteroatoms. The molecule has 1 aromatic rings. The Labute approximate surface area is 120 Å². The second-order valence-electron chi connectivity index (χ2n) is 4.93. The number of hydrogen-bond acceptors (Lipinski definition) is 4. The molecule has 2 N–H and O–H groups in total. The number of nitrogens with one attached hydrogen (secondary N) is 2. The van der Waals surface area contributed by atoms with Crippen molar-refractivity contribution in [2.75, 3.05) is 23.6 Å². The molecule has 1 aromatic carbocycles. The Morgan fingerprint density at radius 1 is 1.30 bits per heavy atom. The third kappa shape index (κ3) is 5.02. The quantitative estimate of drug-likeness (QED) is 0.684. The Bertz CT molecular complexity index is 527. The molecule has 0 amide bonds. The standard InChI is InChI=1S/C14H22N2O3S/c1-2-19-14-7-4-3-6-13(14)16-20(17,18)11-5-10-15-12-8-9-12/h3-4,6-7,12,15-16H,2,5,8-11H2,1H3. The van der Waals surface area contributed by atoms with Crippen molar-refractivity contribution < 1.29 is 13.2 Å². The van der Waals surface area contributed by atoms with Crippen LogP contribution in [0.1, 0.15) is 26.2 Å². The fraction of sp³-hybridized carbons (Fsp3) is 0.571. The highest BCUT2D eigenvalue weighted by Crippen LogP contribution is 2.24. The van der Waals surface area contributed by atoms with E-state index in [2.05, 4.69) is 10.0 Å². The average Bonchev–Trinajstić information content (AvgIpc) is 3.21. The second kappa shape index (κ2) is 6.95. The largest absolute Gasteiger partial charge is 0.492 e. The molecule has 1 saturated carbocycles. The Morgan fingerprint density at radius 3 is 2.75 bits per heavy atom. The molecule has 112 valence electrons. The predicted octanol–water partition coefficient (Wildman–Crippen LogP) is 1.97. The summed E-state index contributed by atoms with van der Waals surface area (Å²) in [6, 6.07) is 7.70. The summed E-state index contributed by atoms with van der Waals surface area (Å²) in [5.74, 6) is 0.683. The topological polar surface area (TPSA) is 67.4 Å². The van der Waals surface area contributed by atoms with Crippen LogP contribution in [0, 0.1) is 0 Å². The first-order chi connectivity index (χ1) is 9.61. The van der Waals surface area contributed by atoms with E-state index in [1.165, 1.54) is 12.8 Å². The van der Waals surface area contributed by atoms with Crippen LogP contribution in [-0.2, 0) is 10.0 Å². The van der Waals surface area contributed by atoms with Gasteiger partial charge in [-0.1, -0.05) is 12.1 Å². The van der Waals surface area contributed by atoms with E-state index < -0.39 is 10.0 Å². The van der Waals surface area contributed by atoms with Crippen LogP contribution in [0.4, 0.5) is 5.69 Å². The lowest BCUT2D eigenvalue weighted by Crippen LogP contribution is -2.23. The maximum absolute atomic E-state index is 12.0. The van der Waals surface area contributed by atoms with E-state index in [9.17, 15) is 8.42 Å². The summed E-state index contributed by atoms with van der Waals surface area (Å²) in [5, 5.41) is 3.31. The summed E-state index contributed by atoms with van der Waals surface area (Å²) in [4.78, 5) is 0. The van der Waals surface area contributed by atoms with Gasteiger partial charge in [0.15, 0.2) is 0 Å². The van der Waals surface area contributed by atoms with E-state index in [-0.39, 0.29) is 5.75 Å². The molecular weight excluding hydrogens is 276 g/mol. The number of rotatable bonds is 9. The van der Waals surface area contributed by atoms with Gasteiger partial charge in [0.2, 0.25) is 10.0 Å². The van der Waals surface area contributed by atoms with E-state index in [1.807, 2.05) is 13.0 Å². The van der Waals surface area contributed by atoms with Crippen LogP contribution in [0.3, 0.4) is 0 Å². The lowest BCUT2D eigenvalue weighted by molar-refractivity contribution is 0.342. The van der Waals surface area contributed by atoms with Gasteiger partial charge in [-0.05, 0) is 44.9 Å². The summed E-state index contributed by atoms with van der Waals surface area (Å²) < 4.78 is 32.0. The first kappa shape index (κ1) is 15.1. The molecule has 0 atom stereocenters. The molecule has 0 radical (unpaired) electrons. The van der Waals surface area contributed by atoms with Gasteiger partial charge in [0, 0.05) is 6.04 Å². The molecule has 2 rings (SSSR count). The van der Waals surface area contributed by atoms with Crippen molar-refractivity contribution in [1.82, 2.24) is 5.32 Å². The summed E-state index contributed by atoms with van der Waals surface area (Å²) in [5.41, 5.74) is 0.504. The van der Waals surface area contributed by atoms with Crippen molar-refractivity contribution in [2.45, 2.75) is 32.2 Å². The van der Waals surface area contributed by atoms with Crippen molar-refractivity contribution in [3.8, 4) is 5.75 Å². The van der Waals surface area contributed by atoms with Crippen molar-refractivity contribution in [3.63, 3.8) is 0 Å². The second-order valence-corrected chi connectivity index (χ2v) is 6.77. The van der Waals surface area contributed by atoms with Crippen LogP contribution in [0.5, 0.6) is 5.75 Å². The smallest absolute Gasteiger partial charge is 0.232 e. The highest BCUT2D eigenvalue weighted by atomic mass is 32.2. The van der Waals surface area contributed by atoms with Gasteiger partial charge >= 0.3 is 0 Å². The number of benzene rings is 1. The van der Waals surface area contributed by atoms with E-state index >= 15 is 0 Å². The van der Waals surface area contributed by atoms with Crippen LogP contribution >= 0.6 is 0 Å². The highest BCUT2D eigenvalue weighted by Gasteiger charge is 2.20. The van der Waals surface area contributed by atoms with Gasteiger partial charge in [0.05, 0.1) is 18.0 Å². The normalized spacial score (nSPS) is 15.1. The first-order valence-corrected chi connectivity index (χ1v) is 8.71. The number of para-hydroxylation sites is 2. The van der Waals surface area contributed by atoms with Crippen molar-refractivity contribution in [1.29, 1.82) is 0 Å². The first-order valence-electron chi connectivity index (χ1n) is 7.06. The van der Waals surface area contributed by atoms with Gasteiger partial charge in [-0.25, -0.2) is 8.42 Å². The minimum atomic E-state index is -3.32. The van der Waals surface area contributed by atoms with Crippen LogP contribution in [0.15, 0.2) is 24.3 Å². The number of hydrogen-bond donors (Lipinski definition) is 2. The van der Waals surface area contributed by atoms with Gasteiger partial charge in [0.1, 0.15) is 5.75 Å². The number of ether oxygens (including phenoxy) is 1. The SMILES string of the molecule is CCOc1ccccc1NS(=O)(=O)CCCNC1CC1. The summed E-state index contributed by atoms with van der Waals surface area (Å²) >= 11 is 0. The van der Waals surface area contributed by atoms with Crippen LogP contribution < -0.4 is 14.8 Å². The minimum Gasteiger partial charge on any atom is -0.492 e. The molecule has 0 saturated heterocycles. The Morgan fingerprint density at radius 2 is 2.05 bits per heavy atom. The minimum absolute atomic E-state index is 0.118. The lowest BCUT2D eigenvalue weighted by Gasteiger charge is -2.12. The van der Waals surface area contributed by atoms with Crippen LogP contribution in [0.2, 0.25) is 0 Å². The monoisotopic (exact) mass is 298 g/mol. The molecule has 0 aliphatic heterocycles. The molecule has 0 spiro atoms. The molecule has 5 nitrogen and oxygen atoms in total. The summed E-state index contributed by atoms with van der Waals surface area (Å²) in [7, 11) is -3.32. The Balaban J connectivity index is 1.86. The molecule has 0 unspecified atom stereocenters. The maximum atomic E-state index is 12.0. The molecule has 1 aliphatic carbocycles. The van der Waals surface area contributed by atoms with E-state index in [1.54, 1.807) is 18.2 Å². The van der Waals surface area contributed by atoms with Crippen molar-refractivity contribution in [2.24, 2.45) is 0 Å². The molecule has 1 fully saturated rings. The number of sulfonamides is 1. The zero-order chi connectivity index (χ0) is 14.4. The van der Waals surface area contributed by atoms with Crippen molar-refractivity contribution in [3.05, 3.63) is 24.3 Å². The molecule has 0 aromatic heterocycles. The predicted molar refractivity (Wildman–Crippen MR) is 80.7 cm³/mol. The lowest BCUT2D eigenvalue weighted by atomic mass is 10.3. The molecule has 0 heterocycles. The molecule has 1 aliphatic rings. The summed E-state index contributed by atoms with van der Waals surface area (Å²) in [6.45, 7) is 3.12. The van der Waals surface area contributed by atoms with Gasteiger partial charge in [-0.2, -0.15) is 0 Å². The van der Waals surface area contributed by atoms with Crippen LogP contribution in [-0.4, -0.2) is 33.4 Å². The maximum Gasteiger partial charge on any atom is 0.232 e. The average molecular weight is 298 g/mol. The van der Waals surface area contributed by atoms with Gasteiger partial charge in [0.25, 0.3) is 0 Å². The Hall–Kier alpha value is -1.27. The third-order valence-corrected chi connectivity index (χ3v) is 4.41. The van der Waals surface area contributed by atoms with Gasteiger partial charge in [-0.3, -0.25) is 4.72 Å². The molecular formula is C14H22N2O3S.